The molecule has 1 unspecified atom stereocenters. The summed E-state index contributed by atoms with van der Waals surface area (Å²) >= 11 is 3.26. The second-order valence-corrected chi connectivity index (χ2v) is 6.33. The van der Waals surface area contributed by atoms with E-state index in [0.717, 1.165) is 11.3 Å². The van der Waals surface area contributed by atoms with E-state index in [-0.39, 0.29) is 10.6 Å². The Morgan fingerprint density at radius 1 is 1.21 bits per heavy atom. The molecule has 0 amide bonds. The van der Waals surface area contributed by atoms with E-state index < -0.39 is 0 Å². The molecule has 0 saturated carbocycles. The summed E-state index contributed by atoms with van der Waals surface area (Å²) in [4.78, 5) is 12.1. The van der Waals surface area contributed by atoms with Crippen molar-refractivity contribution in [2.45, 2.75) is 54.0 Å². The first-order chi connectivity index (χ1) is 11.5. The Labute approximate surface area is 154 Å². The van der Waals surface area contributed by atoms with E-state index in [1.165, 1.54) is 23.1 Å². The lowest BCUT2D eigenvalue weighted by Gasteiger charge is -1.99. The third kappa shape index (κ3) is 13.0. The van der Waals surface area contributed by atoms with Crippen molar-refractivity contribution in [3.05, 3.63) is 60.6 Å². The second-order valence-electron chi connectivity index (χ2n) is 4.32. The maximum absolute atomic E-state index is 10.2. The van der Waals surface area contributed by atoms with Gasteiger partial charge in [0.15, 0.2) is 0 Å². The minimum Gasteiger partial charge on any atom is -0.328 e. The molecular weight excluding hydrogens is 340 g/mol. The zero-order valence-electron chi connectivity index (χ0n) is 15.5. The van der Waals surface area contributed by atoms with E-state index >= 15 is 0 Å². The van der Waals surface area contributed by atoms with Gasteiger partial charge in [-0.3, -0.25) is 10.1 Å². The quantitative estimate of drug-likeness (QED) is 0.524. The zero-order valence-corrected chi connectivity index (χ0v) is 17.1. The maximum atomic E-state index is 10.2. The molecule has 136 valence electrons. The Bertz CT molecular complexity index is 533. The van der Waals surface area contributed by atoms with Crippen LogP contribution >= 0.6 is 22.7 Å². The molecule has 0 aromatic carbocycles. The number of nitro groups is 1. The topological polar surface area (TPSA) is 69.2 Å². The monoisotopic (exact) mass is 370 g/mol. The minimum absolute atomic E-state index is 0.174. The van der Waals surface area contributed by atoms with Crippen LogP contribution in [0.5, 0.6) is 0 Å². The van der Waals surface area contributed by atoms with Crippen LogP contribution in [-0.4, -0.2) is 11.0 Å². The van der Waals surface area contributed by atoms with Gasteiger partial charge in [0.2, 0.25) is 5.70 Å². The number of allylic oxidation sites excluding steroid dienone is 1. The predicted octanol–water partition coefficient (Wildman–Crippen LogP) is 6.08. The molecule has 2 N–H and O–H groups in total. The van der Waals surface area contributed by atoms with Crippen molar-refractivity contribution in [2.24, 2.45) is 5.73 Å². The van der Waals surface area contributed by atoms with E-state index in [1.54, 1.807) is 17.4 Å². The maximum Gasteiger partial charge on any atom is 0.244 e. The molecule has 2 aromatic heterocycles. The van der Waals surface area contributed by atoms with Crippen LogP contribution in [0.25, 0.3) is 6.08 Å². The van der Waals surface area contributed by atoms with Crippen LogP contribution in [0.1, 0.15) is 51.3 Å². The van der Waals surface area contributed by atoms with Crippen molar-refractivity contribution in [3.8, 4) is 0 Å². The highest BCUT2D eigenvalue weighted by atomic mass is 32.1. The molecule has 0 radical (unpaired) electrons. The van der Waals surface area contributed by atoms with Crippen LogP contribution in [0, 0.1) is 10.1 Å². The Hall–Kier alpha value is -1.50. The first-order valence-corrected chi connectivity index (χ1v) is 9.89. The number of nitrogens with zero attached hydrogens (tertiary/aromatic N) is 1. The molecule has 0 bridgehead atoms. The van der Waals surface area contributed by atoms with Gasteiger partial charge in [-0.2, -0.15) is 0 Å². The highest BCUT2D eigenvalue weighted by Crippen LogP contribution is 2.13. The molecule has 2 heterocycles. The average molecular weight is 371 g/mol. The Morgan fingerprint density at radius 3 is 2.12 bits per heavy atom. The van der Waals surface area contributed by atoms with E-state index in [0.29, 0.717) is 6.04 Å². The molecule has 24 heavy (non-hydrogen) atoms. The predicted molar refractivity (Wildman–Crippen MR) is 109 cm³/mol. The van der Waals surface area contributed by atoms with Gasteiger partial charge in [-0.1, -0.05) is 39.8 Å². The van der Waals surface area contributed by atoms with Gasteiger partial charge in [-0.15, -0.1) is 22.7 Å². The largest absolute Gasteiger partial charge is 0.328 e. The van der Waals surface area contributed by atoms with Gasteiger partial charge < -0.3 is 5.73 Å². The molecule has 0 spiro atoms. The summed E-state index contributed by atoms with van der Waals surface area (Å²) in [6.07, 6.45) is 2.57. The van der Waals surface area contributed by atoms with Gasteiger partial charge in [0.1, 0.15) is 0 Å². The molecule has 1 atom stereocenters. The van der Waals surface area contributed by atoms with Crippen molar-refractivity contribution >= 4 is 28.7 Å². The Morgan fingerprint density at radius 2 is 1.75 bits per heavy atom. The van der Waals surface area contributed by atoms with Crippen molar-refractivity contribution < 1.29 is 4.92 Å². The lowest BCUT2D eigenvalue weighted by atomic mass is 10.2. The summed E-state index contributed by atoms with van der Waals surface area (Å²) in [5.41, 5.74) is 5.76. The summed E-state index contributed by atoms with van der Waals surface area (Å²) in [5, 5.41) is 14.1. The SMILES string of the molecule is C/C(=C/c1cccs1)[N+](=O)[O-].CC.CC.CC(N)Cc1cccs1. The molecule has 0 saturated heterocycles. The lowest BCUT2D eigenvalue weighted by Crippen LogP contribution is -2.16. The van der Waals surface area contributed by atoms with E-state index in [2.05, 4.69) is 17.5 Å². The summed E-state index contributed by atoms with van der Waals surface area (Å²) in [7, 11) is 0. The Balaban J connectivity index is 0. The van der Waals surface area contributed by atoms with Gasteiger partial charge in [0, 0.05) is 28.8 Å². The fourth-order valence-corrected chi connectivity index (χ4v) is 2.94. The first kappa shape index (κ1) is 24.7. The van der Waals surface area contributed by atoms with Crippen molar-refractivity contribution in [2.75, 3.05) is 0 Å². The fourth-order valence-electron chi connectivity index (χ4n) is 1.38. The Kier molecular flexibility index (Phi) is 16.9. The number of nitrogens with two attached hydrogens (primary N) is 1. The van der Waals surface area contributed by atoms with Gasteiger partial charge in [-0.05, 0) is 36.2 Å². The van der Waals surface area contributed by atoms with Crippen LogP contribution in [0.15, 0.2) is 40.7 Å². The van der Waals surface area contributed by atoms with E-state index in [4.69, 9.17) is 5.73 Å². The third-order valence-corrected chi connectivity index (χ3v) is 4.00. The molecule has 2 rings (SSSR count). The van der Waals surface area contributed by atoms with Crippen LogP contribution < -0.4 is 5.73 Å². The van der Waals surface area contributed by atoms with Crippen molar-refractivity contribution in [3.63, 3.8) is 0 Å². The zero-order chi connectivity index (χ0) is 19.0. The van der Waals surface area contributed by atoms with E-state index in [9.17, 15) is 10.1 Å². The molecule has 0 aliphatic heterocycles. The van der Waals surface area contributed by atoms with Gasteiger partial charge >= 0.3 is 0 Å². The number of rotatable bonds is 4. The van der Waals surface area contributed by atoms with Crippen molar-refractivity contribution in [1.82, 2.24) is 0 Å². The van der Waals surface area contributed by atoms with Crippen LogP contribution in [0.3, 0.4) is 0 Å². The standard InChI is InChI=1S/C7H7NO2S.C7H11NS.2C2H6/c1-6(8(9)10)5-7-3-2-4-11-7;1-6(8)5-7-3-2-4-9-7;2*1-2/h2-5H,1H3;2-4,6H,5,8H2,1H3;2*1-2H3/b6-5-;;;. The molecule has 0 fully saturated rings. The van der Waals surface area contributed by atoms with Crippen LogP contribution in [0.4, 0.5) is 0 Å². The number of thiophene rings is 2. The van der Waals surface area contributed by atoms with Gasteiger partial charge in [0.25, 0.3) is 0 Å². The smallest absolute Gasteiger partial charge is 0.244 e. The normalized spacial score (nSPS) is 10.9. The number of hydrogen-bond acceptors (Lipinski definition) is 5. The highest BCUT2D eigenvalue weighted by Gasteiger charge is 2.01. The lowest BCUT2D eigenvalue weighted by molar-refractivity contribution is -0.422. The molecule has 4 nitrogen and oxygen atoms in total. The summed E-state index contributed by atoms with van der Waals surface area (Å²) in [6, 6.07) is 8.18. The number of hydrogen-bond donors (Lipinski definition) is 1. The van der Waals surface area contributed by atoms with Crippen molar-refractivity contribution in [1.29, 1.82) is 0 Å². The molecule has 0 aliphatic carbocycles. The second kappa shape index (κ2) is 16.4. The van der Waals surface area contributed by atoms with Crippen LogP contribution in [-0.2, 0) is 6.42 Å². The average Bonchev–Trinajstić information content (AvgIpc) is 3.25. The fraction of sp³-hybridized carbons (Fsp3) is 0.444. The highest BCUT2D eigenvalue weighted by molar-refractivity contribution is 7.10. The minimum atomic E-state index is -0.389. The summed E-state index contributed by atoms with van der Waals surface area (Å²) in [6.45, 7) is 11.5. The molecule has 0 aliphatic rings. The molecule has 6 heteroatoms. The van der Waals surface area contributed by atoms with E-state index in [1.807, 2.05) is 52.1 Å². The van der Waals surface area contributed by atoms with Crippen LogP contribution in [0.2, 0.25) is 0 Å². The third-order valence-electron chi connectivity index (χ3n) is 2.29. The molecular formula is C18H30N2O2S2. The summed E-state index contributed by atoms with van der Waals surface area (Å²) in [5.74, 6) is 0. The van der Waals surface area contributed by atoms with Gasteiger partial charge in [-0.25, -0.2) is 0 Å². The van der Waals surface area contributed by atoms with Gasteiger partial charge in [0.05, 0.1) is 4.92 Å². The summed E-state index contributed by atoms with van der Waals surface area (Å²) < 4.78 is 0. The first-order valence-electron chi connectivity index (χ1n) is 8.13. The molecule has 2 aromatic rings.